The first kappa shape index (κ1) is 16.0. The highest BCUT2D eigenvalue weighted by Crippen LogP contribution is 2.05. The molecule has 0 aliphatic heterocycles. The molecule has 0 radical (unpaired) electrons. The van der Waals surface area contributed by atoms with E-state index in [1.165, 1.54) is 0 Å². The third-order valence-corrected chi connectivity index (χ3v) is 2.75. The molecule has 3 N–H and O–H groups in total. The third kappa shape index (κ3) is 5.30. The number of hydrogen-bond acceptors (Lipinski definition) is 2. The lowest BCUT2D eigenvalue weighted by molar-refractivity contribution is 0.0963. The van der Waals surface area contributed by atoms with Crippen molar-refractivity contribution < 1.29 is 4.79 Å². The van der Waals surface area contributed by atoms with Crippen molar-refractivity contribution in [1.29, 1.82) is 0 Å². The summed E-state index contributed by atoms with van der Waals surface area (Å²) >= 11 is 0. The molecule has 1 amide bonds. The van der Waals surface area contributed by atoms with Crippen LogP contribution in [0.3, 0.4) is 0 Å². The van der Waals surface area contributed by atoms with E-state index < -0.39 is 0 Å². The van der Waals surface area contributed by atoms with Crippen LogP contribution in [-0.2, 0) is 6.54 Å². The van der Waals surface area contributed by atoms with Gasteiger partial charge in [0.25, 0.3) is 5.91 Å². The highest BCUT2D eigenvalue weighted by atomic mass is 16.1. The summed E-state index contributed by atoms with van der Waals surface area (Å²) < 4.78 is 0. The van der Waals surface area contributed by atoms with Gasteiger partial charge in [-0.05, 0) is 31.0 Å². The predicted molar refractivity (Wildman–Crippen MR) is 82.9 cm³/mol. The standard InChI is InChI=1S/C15H24N4O/c1-4-10-18-15(17-5-2)19-11-12-6-8-13(9-7-12)14(20)16-3/h6-9H,4-5,10-11H2,1-3H3,(H,16,20)(H2,17,18,19). The van der Waals surface area contributed by atoms with E-state index in [2.05, 4.69) is 27.9 Å². The lowest BCUT2D eigenvalue weighted by atomic mass is 10.1. The number of rotatable bonds is 6. The Bertz CT molecular complexity index is 440. The topological polar surface area (TPSA) is 65.5 Å². The average Bonchev–Trinajstić information content (AvgIpc) is 2.49. The van der Waals surface area contributed by atoms with Gasteiger partial charge in [0.1, 0.15) is 0 Å². The number of aliphatic imine (C=N–C) groups is 1. The molecular weight excluding hydrogens is 252 g/mol. The minimum absolute atomic E-state index is 0.0713. The van der Waals surface area contributed by atoms with Gasteiger partial charge in [0.2, 0.25) is 0 Å². The predicted octanol–water partition coefficient (Wildman–Crippen LogP) is 1.51. The highest BCUT2D eigenvalue weighted by molar-refractivity contribution is 5.93. The summed E-state index contributed by atoms with van der Waals surface area (Å²) in [6.07, 6.45) is 1.06. The number of carbonyl (C=O) groups is 1. The quantitative estimate of drug-likeness (QED) is 0.545. The van der Waals surface area contributed by atoms with E-state index in [0.717, 1.165) is 31.0 Å². The van der Waals surface area contributed by atoms with E-state index in [1.54, 1.807) is 7.05 Å². The van der Waals surface area contributed by atoms with Gasteiger partial charge in [-0.3, -0.25) is 4.79 Å². The summed E-state index contributed by atoms with van der Waals surface area (Å²) in [6.45, 7) is 6.50. The second-order valence-electron chi connectivity index (χ2n) is 4.40. The first-order valence-corrected chi connectivity index (χ1v) is 7.04. The minimum Gasteiger partial charge on any atom is -0.357 e. The van der Waals surface area contributed by atoms with Crippen LogP contribution in [-0.4, -0.2) is 32.0 Å². The normalized spacial score (nSPS) is 11.1. The Hall–Kier alpha value is -2.04. The van der Waals surface area contributed by atoms with Crippen LogP contribution in [0.25, 0.3) is 0 Å². The molecule has 5 heteroatoms. The van der Waals surface area contributed by atoms with E-state index in [0.29, 0.717) is 12.1 Å². The molecule has 0 unspecified atom stereocenters. The number of amides is 1. The molecular formula is C15H24N4O. The van der Waals surface area contributed by atoms with Gasteiger partial charge in [0.05, 0.1) is 6.54 Å². The van der Waals surface area contributed by atoms with Crippen molar-refractivity contribution in [2.24, 2.45) is 4.99 Å². The van der Waals surface area contributed by atoms with Crippen molar-refractivity contribution in [2.75, 3.05) is 20.1 Å². The van der Waals surface area contributed by atoms with Crippen molar-refractivity contribution in [1.82, 2.24) is 16.0 Å². The maximum absolute atomic E-state index is 11.4. The van der Waals surface area contributed by atoms with Gasteiger partial charge in [-0.25, -0.2) is 4.99 Å². The smallest absolute Gasteiger partial charge is 0.251 e. The van der Waals surface area contributed by atoms with E-state index >= 15 is 0 Å². The number of benzene rings is 1. The third-order valence-electron chi connectivity index (χ3n) is 2.75. The van der Waals surface area contributed by atoms with Crippen molar-refractivity contribution in [3.8, 4) is 0 Å². The molecule has 110 valence electrons. The number of nitrogens with one attached hydrogen (secondary N) is 3. The maximum atomic E-state index is 11.4. The molecule has 0 spiro atoms. The summed E-state index contributed by atoms with van der Waals surface area (Å²) in [6, 6.07) is 7.49. The molecule has 0 aliphatic rings. The molecule has 20 heavy (non-hydrogen) atoms. The fraction of sp³-hybridized carbons (Fsp3) is 0.467. The fourth-order valence-electron chi connectivity index (χ4n) is 1.66. The van der Waals surface area contributed by atoms with E-state index in [4.69, 9.17) is 0 Å². The average molecular weight is 276 g/mol. The first-order chi connectivity index (χ1) is 9.71. The van der Waals surface area contributed by atoms with Gasteiger partial charge >= 0.3 is 0 Å². The van der Waals surface area contributed by atoms with Crippen molar-refractivity contribution >= 4 is 11.9 Å². The summed E-state index contributed by atoms with van der Waals surface area (Å²) in [4.78, 5) is 15.9. The number of nitrogens with zero attached hydrogens (tertiary/aromatic N) is 1. The molecule has 0 atom stereocenters. The molecule has 0 heterocycles. The molecule has 0 aromatic heterocycles. The Morgan fingerprint density at radius 3 is 2.40 bits per heavy atom. The Labute approximate surface area is 120 Å². The summed E-state index contributed by atoms with van der Waals surface area (Å²) in [5, 5.41) is 9.06. The van der Waals surface area contributed by atoms with Crippen LogP contribution in [0, 0.1) is 0 Å². The molecule has 1 aromatic carbocycles. The second kappa shape index (κ2) is 8.96. The first-order valence-electron chi connectivity index (χ1n) is 7.04. The van der Waals surface area contributed by atoms with Gasteiger partial charge in [-0.1, -0.05) is 19.1 Å². The molecule has 0 fully saturated rings. The van der Waals surface area contributed by atoms with Crippen LogP contribution in [0.5, 0.6) is 0 Å². The van der Waals surface area contributed by atoms with Gasteiger partial charge in [0, 0.05) is 25.7 Å². The van der Waals surface area contributed by atoms with Crippen LogP contribution in [0.2, 0.25) is 0 Å². The van der Waals surface area contributed by atoms with Crippen LogP contribution < -0.4 is 16.0 Å². The zero-order chi connectivity index (χ0) is 14.8. The molecule has 0 saturated heterocycles. The van der Waals surface area contributed by atoms with E-state index in [-0.39, 0.29) is 5.91 Å². The summed E-state index contributed by atoms with van der Waals surface area (Å²) in [5.41, 5.74) is 1.74. The number of hydrogen-bond donors (Lipinski definition) is 3. The van der Waals surface area contributed by atoms with Crippen molar-refractivity contribution in [2.45, 2.75) is 26.8 Å². The lowest BCUT2D eigenvalue weighted by Crippen LogP contribution is -2.37. The summed E-state index contributed by atoms with van der Waals surface area (Å²) in [7, 11) is 1.63. The van der Waals surface area contributed by atoms with E-state index in [9.17, 15) is 4.79 Å². The van der Waals surface area contributed by atoms with Gasteiger partial charge in [-0.15, -0.1) is 0 Å². The maximum Gasteiger partial charge on any atom is 0.251 e. The van der Waals surface area contributed by atoms with Gasteiger partial charge < -0.3 is 16.0 Å². The number of carbonyl (C=O) groups excluding carboxylic acids is 1. The summed E-state index contributed by atoms with van der Waals surface area (Å²) in [5.74, 6) is 0.753. The number of guanidine groups is 1. The largest absolute Gasteiger partial charge is 0.357 e. The van der Waals surface area contributed by atoms with Gasteiger partial charge in [-0.2, -0.15) is 0 Å². The highest BCUT2D eigenvalue weighted by Gasteiger charge is 2.02. The Morgan fingerprint density at radius 2 is 1.85 bits per heavy atom. The van der Waals surface area contributed by atoms with Crippen molar-refractivity contribution in [3.05, 3.63) is 35.4 Å². The fourth-order valence-corrected chi connectivity index (χ4v) is 1.66. The monoisotopic (exact) mass is 276 g/mol. The van der Waals surface area contributed by atoms with Crippen molar-refractivity contribution in [3.63, 3.8) is 0 Å². The second-order valence-corrected chi connectivity index (χ2v) is 4.40. The van der Waals surface area contributed by atoms with Crippen LogP contribution >= 0.6 is 0 Å². The van der Waals surface area contributed by atoms with Crippen LogP contribution in [0.4, 0.5) is 0 Å². The van der Waals surface area contributed by atoms with Crippen LogP contribution in [0.1, 0.15) is 36.2 Å². The van der Waals surface area contributed by atoms with E-state index in [1.807, 2.05) is 31.2 Å². The molecule has 0 bridgehead atoms. The lowest BCUT2D eigenvalue weighted by Gasteiger charge is -2.10. The SMILES string of the molecule is CCCNC(=NCc1ccc(C(=O)NC)cc1)NCC. The molecule has 1 rings (SSSR count). The molecule has 0 saturated carbocycles. The molecule has 0 aliphatic carbocycles. The Morgan fingerprint density at radius 1 is 1.15 bits per heavy atom. The molecule has 5 nitrogen and oxygen atoms in total. The Balaban J connectivity index is 2.64. The zero-order valence-electron chi connectivity index (χ0n) is 12.5. The Kier molecular flexibility index (Phi) is 7.17. The zero-order valence-corrected chi connectivity index (χ0v) is 12.5. The molecule has 1 aromatic rings. The minimum atomic E-state index is -0.0713. The van der Waals surface area contributed by atoms with Gasteiger partial charge in [0.15, 0.2) is 5.96 Å². The van der Waals surface area contributed by atoms with Crippen LogP contribution in [0.15, 0.2) is 29.3 Å².